The zero-order valence-electron chi connectivity index (χ0n) is 14.3. The van der Waals surface area contributed by atoms with Gasteiger partial charge in [0.1, 0.15) is 6.54 Å². The second kappa shape index (κ2) is 9.19. The van der Waals surface area contributed by atoms with Crippen molar-refractivity contribution in [3.05, 3.63) is 34.9 Å². The monoisotopic (exact) mass is 381 g/mol. The fourth-order valence-electron chi connectivity index (χ4n) is 1.96. The number of rotatable bonds is 8. The van der Waals surface area contributed by atoms with Gasteiger partial charge in [0.15, 0.2) is 6.61 Å². The maximum atomic E-state index is 11.8. The molecule has 2 N–H and O–H groups in total. The molecule has 0 heterocycles. The van der Waals surface area contributed by atoms with Crippen molar-refractivity contribution < 1.29 is 23.9 Å². The molecule has 0 unspecified atom stereocenters. The van der Waals surface area contributed by atoms with Gasteiger partial charge >= 0.3 is 5.97 Å². The Morgan fingerprint density at radius 2 is 1.85 bits per heavy atom. The summed E-state index contributed by atoms with van der Waals surface area (Å²) in [5.74, 6) is -1.96. The Bertz CT molecular complexity index is 688. The second-order valence-corrected chi connectivity index (χ2v) is 6.38. The molecule has 8 nitrogen and oxygen atoms in total. The van der Waals surface area contributed by atoms with E-state index < -0.39 is 24.4 Å². The Morgan fingerprint density at radius 1 is 1.19 bits per heavy atom. The Kier molecular flexibility index (Phi) is 6.97. The molecule has 0 saturated heterocycles. The van der Waals surface area contributed by atoms with E-state index in [1.807, 2.05) is 0 Å². The number of carbonyl (C=O) groups excluding carboxylic acids is 4. The summed E-state index contributed by atoms with van der Waals surface area (Å²) < 4.78 is 4.81. The number of nitrogens with one attached hydrogen (secondary N) is 2. The SMILES string of the molecule is CN(CC(=O)NC1CC1)C(=O)COC(=O)CNC(=O)c1ccc(Cl)cc1. The van der Waals surface area contributed by atoms with Crippen LogP contribution >= 0.6 is 11.6 Å². The van der Waals surface area contributed by atoms with Gasteiger partial charge in [0.25, 0.3) is 11.8 Å². The number of benzene rings is 1. The van der Waals surface area contributed by atoms with Gasteiger partial charge in [-0.05, 0) is 37.1 Å². The van der Waals surface area contributed by atoms with Crippen LogP contribution < -0.4 is 10.6 Å². The van der Waals surface area contributed by atoms with Crippen LogP contribution in [-0.2, 0) is 19.1 Å². The van der Waals surface area contributed by atoms with Gasteiger partial charge in [0.2, 0.25) is 5.91 Å². The van der Waals surface area contributed by atoms with Crippen molar-refractivity contribution >= 4 is 35.3 Å². The van der Waals surface area contributed by atoms with Gasteiger partial charge in [-0.1, -0.05) is 11.6 Å². The van der Waals surface area contributed by atoms with Crippen molar-refractivity contribution in [1.82, 2.24) is 15.5 Å². The lowest BCUT2D eigenvalue weighted by Crippen LogP contribution is -2.41. The lowest BCUT2D eigenvalue weighted by Gasteiger charge is -2.16. The lowest BCUT2D eigenvalue weighted by atomic mass is 10.2. The topological polar surface area (TPSA) is 105 Å². The molecule has 0 spiro atoms. The summed E-state index contributed by atoms with van der Waals surface area (Å²) in [4.78, 5) is 48.1. The molecule has 9 heteroatoms. The summed E-state index contributed by atoms with van der Waals surface area (Å²) in [5.41, 5.74) is 0.347. The zero-order valence-corrected chi connectivity index (χ0v) is 15.0. The third kappa shape index (κ3) is 6.72. The van der Waals surface area contributed by atoms with Gasteiger partial charge in [-0.3, -0.25) is 19.2 Å². The summed E-state index contributed by atoms with van der Waals surface area (Å²) in [6.07, 6.45) is 1.92. The number of ether oxygens (including phenoxy) is 1. The maximum absolute atomic E-state index is 11.8. The molecule has 1 aliphatic carbocycles. The van der Waals surface area contributed by atoms with Crippen LogP contribution in [0.25, 0.3) is 0 Å². The highest BCUT2D eigenvalue weighted by Crippen LogP contribution is 2.18. The van der Waals surface area contributed by atoms with E-state index in [2.05, 4.69) is 10.6 Å². The molecular weight excluding hydrogens is 362 g/mol. The number of carbonyl (C=O) groups is 4. The average molecular weight is 382 g/mol. The highest BCUT2D eigenvalue weighted by Gasteiger charge is 2.24. The van der Waals surface area contributed by atoms with Gasteiger partial charge in [-0.15, -0.1) is 0 Å². The molecular formula is C17H20ClN3O5. The number of hydrogen-bond donors (Lipinski definition) is 2. The van der Waals surface area contributed by atoms with Gasteiger partial charge in [0.05, 0.1) is 6.54 Å². The summed E-state index contributed by atoms with van der Waals surface area (Å²) in [6, 6.07) is 6.38. The fraction of sp³-hybridized carbons (Fsp3) is 0.412. The molecule has 3 amide bonds. The van der Waals surface area contributed by atoms with Crippen molar-refractivity contribution in [3.63, 3.8) is 0 Å². The Labute approximate surface area is 155 Å². The third-order valence-electron chi connectivity index (χ3n) is 3.61. The largest absolute Gasteiger partial charge is 0.454 e. The molecule has 26 heavy (non-hydrogen) atoms. The summed E-state index contributed by atoms with van der Waals surface area (Å²) >= 11 is 5.73. The maximum Gasteiger partial charge on any atom is 0.325 e. The van der Waals surface area contributed by atoms with Crippen LogP contribution in [0.2, 0.25) is 5.02 Å². The molecule has 1 aromatic rings. The number of hydrogen-bond acceptors (Lipinski definition) is 5. The van der Waals surface area contributed by atoms with E-state index in [1.54, 1.807) is 12.1 Å². The van der Waals surface area contributed by atoms with Crippen LogP contribution in [0.3, 0.4) is 0 Å². The summed E-state index contributed by atoms with van der Waals surface area (Å²) in [5, 5.41) is 5.64. The van der Waals surface area contributed by atoms with Crippen LogP contribution in [-0.4, -0.2) is 61.4 Å². The minimum Gasteiger partial charge on any atom is -0.454 e. The second-order valence-electron chi connectivity index (χ2n) is 5.94. The normalized spacial score (nSPS) is 12.8. The van der Waals surface area contributed by atoms with Gasteiger partial charge in [0, 0.05) is 23.7 Å². The van der Waals surface area contributed by atoms with Gasteiger partial charge in [-0.25, -0.2) is 0 Å². The standard InChI is InChI=1S/C17H20ClN3O5/c1-21(9-14(22)20-13-6-7-13)15(23)10-26-16(24)8-19-17(25)11-2-4-12(18)5-3-11/h2-5,13H,6-10H2,1H3,(H,19,25)(H,20,22). The predicted molar refractivity (Wildman–Crippen MR) is 93.5 cm³/mol. The highest BCUT2D eigenvalue weighted by atomic mass is 35.5. The number of nitrogens with zero attached hydrogens (tertiary/aromatic N) is 1. The van der Waals surface area contributed by atoms with Crippen molar-refractivity contribution in [2.75, 3.05) is 26.7 Å². The van der Waals surface area contributed by atoms with Crippen molar-refractivity contribution in [1.29, 1.82) is 0 Å². The van der Waals surface area contributed by atoms with E-state index in [1.165, 1.54) is 24.1 Å². The fourth-order valence-corrected chi connectivity index (χ4v) is 2.09. The van der Waals surface area contributed by atoms with E-state index in [0.717, 1.165) is 12.8 Å². The van der Waals surface area contributed by atoms with Crippen LogP contribution in [0.4, 0.5) is 0 Å². The summed E-state index contributed by atoms with van der Waals surface area (Å²) in [6.45, 7) is -0.969. The minimum absolute atomic E-state index is 0.0970. The van der Waals surface area contributed by atoms with E-state index >= 15 is 0 Å². The molecule has 1 aromatic carbocycles. The molecule has 0 radical (unpaired) electrons. The quantitative estimate of drug-likeness (QED) is 0.632. The number of halogens is 1. The molecule has 0 aliphatic heterocycles. The van der Waals surface area contributed by atoms with Gasteiger partial charge < -0.3 is 20.3 Å². The Morgan fingerprint density at radius 3 is 2.46 bits per heavy atom. The first-order valence-electron chi connectivity index (χ1n) is 8.08. The lowest BCUT2D eigenvalue weighted by molar-refractivity contribution is -0.151. The Balaban J connectivity index is 1.65. The van der Waals surface area contributed by atoms with E-state index in [0.29, 0.717) is 10.6 Å². The number of esters is 1. The molecule has 1 fully saturated rings. The zero-order chi connectivity index (χ0) is 19.1. The van der Waals surface area contributed by atoms with E-state index in [9.17, 15) is 19.2 Å². The third-order valence-corrected chi connectivity index (χ3v) is 3.86. The predicted octanol–water partition coefficient (Wildman–Crippen LogP) is 0.350. The molecule has 0 aromatic heterocycles. The molecule has 0 bridgehead atoms. The van der Waals surface area contributed by atoms with E-state index in [-0.39, 0.29) is 25.0 Å². The van der Waals surface area contributed by atoms with Crippen molar-refractivity contribution in [2.45, 2.75) is 18.9 Å². The van der Waals surface area contributed by atoms with Crippen LogP contribution in [0.1, 0.15) is 23.2 Å². The van der Waals surface area contributed by atoms with Crippen LogP contribution in [0.5, 0.6) is 0 Å². The van der Waals surface area contributed by atoms with Crippen LogP contribution in [0.15, 0.2) is 24.3 Å². The smallest absolute Gasteiger partial charge is 0.325 e. The summed E-state index contributed by atoms with van der Waals surface area (Å²) in [7, 11) is 1.45. The molecule has 1 aliphatic rings. The van der Waals surface area contributed by atoms with Crippen molar-refractivity contribution in [2.24, 2.45) is 0 Å². The number of amides is 3. The van der Waals surface area contributed by atoms with Crippen molar-refractivity contribution in [3.8, 4) is 0 Å². The average Bonchev–Trinajstić information content (AvgIpc) is 3.41. The molecule has 1 saturated carbocycles. The molecule has 140 valence electrons. The van der Waals surface area contributed by atoms with Crippen LogP contribution in [0, 0.1) is 0 Å². The number of likely N-dealkylation sites (N-methyl/N-ethyl adjacent to an activating group) is 1. The Hall–Kier alpha value is -2.61. The first-order chi connectivity index (χ1) is 12.3. The first-order valence-corrected chi connectivity index (χ1v) is 8.45. The highest BCUT2D eigenvalue weighted by molar-refractivity contribution is 6.30. The molecule has 2 rings (SSSR count). The minimum atomic E-state index is -0.753. The van der Waals surface area contributed by atoms with E-state index in [4.69, 9.17) is 16.3 Å². The first kappa shape index (κ1) is 19.7. The van der Waals surface area contributed by atoms with Gasteiger partial charge in [-0.2, -0.15) is 0 Å². The molecule has 0 atom stereocenters.